The molecule has 0 radical (unpaired) electrons. The summed E-state index contributed by atoms with van der Waals surface area (Å²) in [5, 5.41) is 8.81. The number of nitriles is 1. The van der Waals surface area contributed by atoms with Crippen LogP contribution < -0.4 is 10.5 Å². The van der Waals surface area contributed by atoms with Gasteiger partial charge in [0, 0.05) is 12.2 Å². The van der Waals surface area contributed by atoms with E-state index >= 15 is 0 Å². The molecule has 0 bridgehead atoms. The third-order valence-electron chi connectivity index (χ3n) is 3.58. The first-order valence-corrected chi connectivity index (χ1v) is 6.62. The highest BCUT2D eigenvalue weighted by Crippen LogP contribution is 2.32. The maximum atomic E-state index is 8.81. The molecule has 4 nitrogen and oxygen atoms in total. The summed E-state index contributed by atoms with van der Waals surface area (Å²) in [5.41, 5.74) is 9.87. The maximum Gasteiger partial charge on any atom is 0.140 e. The van der Waals surface area contributed by atoms with E-state index in [4.69, 9.17) is 15.7 Å². The zero-order valence-corrected chi connectivity index (χ0v) is 11.0. The van der Waals surface area contributed by atoms with Gasteiger partial charge in [0.25, 0.3) is 0 Å². The molecule has 0 fully saturated rings. The number of fused-ring (bicyclic) bond motifs is 1. The van der Waals surface area contributed by atoms with Crippen molar-refractivity contribution in [2.45, 2.75) is 25.5 Å². The molecular formula is C16H15N3O. The third kappa shape index (κ3) is 2.49. The molecule has 1 unspecified atom stereocenters. The van der Waals surface area contributed by atoms with E-state index in [1.165, 1.54) is 11.1 Å². The normalized spacial score (nSPS) is 16.5. The number of hydrogen-bond acceptors (Lipinski definition) is 4. The average Bonchev–Trinajstić information content (AvgIpc) is 2.86. The van der Waals surface area contributed by atoms with E-state index in [1.807, 2.05) is 18.2 Å². The zero-order chi connectivity index (χ0) is 13.9. The van der Waals surface area contributed by atoms with Crippen LogP contribution in [0.3, 0.4) is 0 Å². The van der Waals surface area contributed by atoms with Crippen LogP contribution in [0.25, 0.3) is 0 Å². The lowest BCUT2D eigenvalue weighted by Gasteiger charge is -2.09. The van der Waals surface area contributed by atoms with Crippen LogP contribution in [0, 0.1) is 11.3 Å². The largest absolute Gasteiger partial charge is 0.489 e. The fraction of sp³-hybridized carbons (Fsp3) is 0.250. The van der Waals surface area contributed by atoms with Gasteiger partial charge in [0.2, 0.25) is 0 Å². The molecule has 2 N–H and O–H groups in total. The van der Waals surface area contributed by atoms with Crippen molar-refractivity contribution >= 4 is 0 Å². The maximum absolute atomic E-state index is 8.81. The molecule has 20 heavy (non-hydrogen) atoms. The SMILES string of the molecule is N#Cc1cc(COc2ccc3c(c2)CCC3N)ccn1. The average molecular weight is 265 g/mol. The van der Waals surface area contributed by atoms with Crippen molar-refractivity contribution in [3.8, 4) is 11.8 Å². The molecule has 1 aliphatic carbocycles. The summed E-state index contributed by atoms with van der Waals surface area (Å²) in [5.74, 6) is 0.841. The van der Waals surface area contributed by atoms with Gasteiger partial charge in [-0.15, -0.1) is 0 Å². The van der Waals surface area contributed by atoms with Gasteiger partial charge in [0.05, 0.1) is 0 Å². The Morgan fingerprint density at radius 2 is 2.25 bits per heavy atom. The Balaban J connectivity index is 1.71. The Hall–Kier alpha value is -2.38. The highest BCUT2D eigenvalue weighted by atomic mass is 16.5. The second kappa shape index (κ2) is 5.32. The molecule has 1 aromatic carbocycles. The fourth-order valence-electron chi connectivity index (χ4n) is 2.51. The van der Waals surface area contributed by atoms with Gasteiger partial charge in [-0.1, -0.05) is 6.07 Å². The zero-order valence-electron chi connectivity index (χ0n) is 11.0. The highest BCUT2D eigenvalue weighted by Gasteiger charge is 2.19. The standard InChI is InChI=1S/C16H15N3O/c17-9-13-7-11(5-6-19-13)10-20-14-2-3-15-12(8-14)1-4-16(15)18/h2-3,5-8,16H,1,4,10,18H2. The van der Waals surface area contributed by atoms with Crippen LogP contribution in [0.15, 0.2) is 36.5 Å². The van der Waals surface area contributed by atoms with E-state index in [1.54, 1.807) is 12.3 Å². The molecule has 4 heteroatoms. The van der Waals surface area contributed by atoms with Crippen molar-refractivity contribution in [2.24, 2.45) is 5.73 Å². The van der Waals surface area contributed by atoms with Gasteiger partial charge in [-0.2, -0.15) is 5.26 Å². The van der Waals surface area contributed by atoms with Crippen LogP contribution in [-0.4, -0.2) is 4.98 Å². The monoisotopic (exact) mass is 265 g/mol. The van der Waals surface area contributed by atoms with E-state index in [0.29, 0.717) is 12.3 Å². The molecule has 0 saturated carbocycles. The quantitative estimate of drug-likeness (QED) is 0.925. The van der Waals surface area contributed by atoms with Gasteiger partial charge in [0.1, 0.15) is 24.1 Å². The van der Waals surface area contributed by atoms with Crippen LogP contribution in [-0.2, 0) is 13.0 Å². The summed E-state index contributed by atoms with van der Waals surface area (Å²) in [6.45, 7) is 0.433. The Morgan fingerprint density at radius 1 is 1.35 bits per heavy atom. The number of aryl methyl sites for hydroxylation is 1. The first-order chi connectivity index (χ1) is 9.76. The number of nitrogens with zero attached hydrogens (tertiary/aromatic N) is 2. The minimum Gasteiger partial charge on any atom is -0.489 e. The summed E-state index contributed by atoms with van der Waals surface area (Å²) in [6, 6.07) is 11.8. The van der Waals surface area contributed by atoms with E-state index < -0.39 is 0 Å². The number of aromatic nitrogens is 1. The van der Waals surface area contributed by atoms with Crippen LogP contribution in [0.2, 0.25) is 0 Å². The first kappa shape index (κ1) is 12.6. The number of hydrogen-bond donors (Lipinski definition) is 1. The van der Waals surface area contributed by atoms with Crippen molar-refractivity contribution < 1.29 is 4.74 Å². The molecule has 0 amide bonds. The summed E-state index contributed by atoms with van der Waals surface area (Å²) in [6.07, 6.45) is 3.65. The summed E-state index contributed by atoms with van der Waals surface area (Å²) in [4.78, 5) is 3.94. The number of benzene rings is 1. The number of nitrogens with two attached hydrogens (primary N) is 1. The summed E-state index contributed by atoms with van der Waals surface area (Å²) >= 11 is 0. The van der Waals surface area contributed by atoms with Gasteiger partial charge >= 0.3 is 0 Å². The van der Waals surface area contributed by atoms with Crippen LogP contribution >= 0.6 is 0 Å². The van der Waals surface area contributed by atoms with Gasteiger partial charge < -0.3 is 10.5 Å². The minimum atomic E-state index is 0.164. The molecule has 1 heterocycles. The summed E-state index contributed by atoms with van der Waals surface area (Å²) in [7, 11) is 0. The summed E-state index contributed by atoms with van der Waals surface area (Å²) < 4.78 is 5.77. The molecule has 1 aromatic heterocycles. The van der Waals surface area contributed by atoms with E-state index in [0.717, 1.165) is 24.2 Å². The third-order valence-corrected chi connectivity index (χ3v) is 3.58. The molecule has 100 valence electrons. The number of pyridine rings is 1. The molecule has 0 spiro atoms. The topological polar surface area (TPSA) is 71.9 Å². The molecule has 0 saturated heterocycles. The second-order valence-electron chi connectivity index (χ2n) is 4.96. The van der Waals surface area contributed by atoms with Gasteiger partial charge in [-0.05, 0) is 53.8 Å². The lowest BCUT2D eigenvalue weighted by atomic mass is 10.1. The lowest BCUT2D eigenvalue weighted by molar-refractivity contribution is 0.306. The lowest BCUT2D eigenvalue weighted by Crippen LogP contribution is -2.05. The van der Waals surface area contributed by atoms with Gasteiger partial charge in [-0.3, -0.25) is 0 Å². The van der Waals surface area contributed by atoms with Crippen molar-refractivity contribution in [1.29, 1.82) is 5.26 Å². The molecule has 2 aromatic rings. The Kier molecular flexibility index (Phi) is 3.36. The predicted molar refractivity (Wildman–Crippen MR) is 75.0 cm³/mol. The molecular weight excluding hydrogens is 250 g/mol. The minimum absolute atomic E-state index is 0.164. The Morgan fingerprint density at radius 3 is 3.10 bits per heavy atom. The van der Waals surface area contributed by atoms with Crippen molar-refractivity contribution in [2.75, 3.05) is 0 Å². The van der Waals surface area contributed by atoms with Crippen molar-refractivity contribution in [3.05, 3.63) is 58.9 Å². The Labute approximate surface area is 117 Å². The van der Waals surface area contributed by atoms with E-state index in [-0.39, 0.29) is 6.04 Å². The highest BCUT2D eigenvalue weighted by molar-refractivity contribution is 5.40. The molecule has 3 rings (SSSR count). The molecule has 1 atom stereocenters. The number of ether oxygens (including phenoxy) is 1. The van der Waals surface area contributed by atoms with Gasteiger partial charge in [0.15, 0.2) is 0 Å². The molecule has 0 aliphatic heterocycles. The van der Waals surface area contributed by atoms with Gasteiger partial charge in [-0.25, -0.2) is 4.98 Å². The van der Waals surface area contributed by atoms with Crippen LogP contribution in [0.1, 0.15) is 34.8 Å². The van der Waals surface area contributed by atoms with Crippen LogP contribution in [0.4, 0.5) is 0 Å². The first-order valence-electron chi connectivity index (χ1n) is 6.62. The second-order valence-corrected chi connectivity index (χ2v) is 4.96. The Bertz CT molecular complexity index is 676. The number of rotatable bonds is 3. The smallest absolute Gasteiger partial charge is 0.140 e. The van der Waals surface area contributed by atoms with E-state index in [9.17, 15) is 0 Å². The fourth-order valence-corrected chi connectivity index (χ4v) is 2.51. The van der Waals surface area contributed by atoms with Crippen molar-refractivity contribution in [3.63, 3.8) is 0 Å². The van der Waals surface area contributed by atoms with Crippen molar-refractivity contribution in [1.82, 2.24) is 4.98 Å². The van der Waals surface area contributed by atoms with Crippen LogP contribution in [0.5, 0.6) is 5.75 Å². The van der Waals surface area contributed by atoms with E-state index in [2.05, 4.69) is 17.1 Å². The molecule has 1 aliphatic rings. The predicted octanol–water partition coefficient (Wildman–Crippen LogP) is 2.48.